The minimum Gasteiger partial charge on any atom is -0.497 e. The van der Waals surface area contributed by atoms with Crippen LogP contribution >= 0.6 is 0 Å². The minimum absolute atomic E-state index is 0.224. The van der Waals surface area contributed by atoms with E-state index in [1.165, 1.54) is 18.0 Å². The molecule has 6 heteroatoms. The molecule has 0 spiro atoms. The van der Waals surface area contributed by atoms with Gasteiger partial charge in [0.25, 0.3) is 5.91 Å². The van der Waals surface area contributed by atoms with Crippen LogP contribution in [0.25, 0.3) is 0 Å². The maximum Gasteiger partial charge on any atom is 0.258 e. The topological polar surface area (TPSA) is 76.1 Å². The van der Waals surface area contributed by atoms with E-state index in [1.807, 2.05) is 56.3 Å². The minimum atomic E-state index is -0.224. The molecular formula is C22H24N4O2. The van der Waals surface area contributed by atoms with E-state index in [-0.39, 0.29) is 5.91 Å². The Morgan fingerprint density at radius 1 is 1.04 bits per heavy atom. The highest BCUT2D eigenvalue weighted by Crippen LogP contribution is 2.17. The lowest BCUT2D eigenvalue weighted by molar-refractivity contribution is 0.102. The molecule has 0 unspecified atom stereocenters. The van der Waals surface area contributed by atoms with E-state index in [9.17, 15) is 4.79 Å². The van der Waals surface area contributed by atoms with Gasteiger partial charge < -0.3 is 15.4 Å². The maximum absolute atomic E-state index is 12.4. The monoisotopic (exact) mass is 376 g/mol. The fraction of sp³-hybridized carbons (Fsp3) is 0.227. The average molecular weight is 376 g/mol. The molecule has 1 heterocycles. The van der Waals surface area contributed by atoms with Gasteiger partial charge in [0.05, 0.1) is 12.7 Å². The fourth-order valence-corrected chi connectivity index (χ4v) is 2.71. The van der Waals surface area contributed by atoms with Gasteiger partial charge in [-0.15, -0.1) is 0 Å². The van der Waals surface area contributed by atoms with Crippen LogP contribution in [-0.4, -0.2) is 29.5 Å². The summed E-state index contributed by atoms with van der Waals surface area (Å²) in [5.74, 6) is 1.12. The van der Waals surface area contributed by atoms with E-state index >= 15 is 0 Å². The molecule has 2 N–H and O–H groups in total. The number of methoxy groups -OCH3 is 1. The van der Waals surface area contributed by atoms with Crippen LogP contribution in [0.3, 0.4) is 0 Å². The molecule has 0 aliphatic carbocycles. The molecule has 0 aliphatic heterocycles. The zero-order valence-corrected chi connectivity index (χ0v) is 16.3. The van der Waals surface area contributed by atoms with E-state index < -0.39 is 0 Å². The number of nitrogens with zero attached hydrogens (tertiary/aromatic N) is 2. The fourth-order valence-electron chi connectivity index (χ4n) is 2.71. The first-order chi connectivity index (χ1) is 13.5. The summed E-state index contributed by atoms with van der Waals surface area (Å²) in [5.41, 5.74) is 4.51. The summed E-state index contributed by atoms with van der Waals surface area (Å²) in [5, 5.41) is 6.08. The normalized spacial score (nSPS) is 10.4. The van der Waals surface area contributed by atoms with Crippen LogP contribution < -0.4 is 15.4 Å². The summed E-state index contributed by atoms with van der Waals surface area (Å²) in [6.07, 6.45) is 3.90. The van der Waals surface area contributed by atoms with Crippen LogP contribution in [0, 0.1) is 13.8 Å². The van der Waals surface area contributed by atoms with Gasteiger partial charge in [-0.25, -0.2) is 9.97 Å². The smallest absolute Gasteiger partial charge is 0.258 e. The lowest BCUT2D eigenvalue weighted by Crippen LogP contribution is -2.14. The van der Waals surface area contributed by atoms with Crippen molar-refractivity contribution in [3.63, 3.8) is 0 Å². The van der Waals surface area contributed by atoms with Crippen molar-refractivity contribution in [1.29, 1.82) is 0 Å². The van der Waals surface area contributed by atoms with E-state index in [2.05, 4.69) is 20.6 Å². The molecule has 0 aliphatic rings. The van der Waals surface area contributed by atoms with E-state index in [0.717, 1.165) is 29.0 Å². The zero-order valence-electron chi connectivity index (χ0n) is 16.3. The van der Waals surface area contributed by atoms with E-state index in [0.29, 0.717) is 18.1 Å². The lowest BCUT2D eigenvalue weighted by Gasteiger charge is -2.10. The standard InChI is InChI=1S/C22H24N4O2/c1-15-4-5-16(2)20(12-15)26-21(27)18-13-24-22(25-14-18)23-11-10-17-6-8-19(28-3)9-7-17/h4-9,12-14H,10-11H2,1-3H3,(H,26,27)(H,23,24,25). The third-order valence-corrected chi connectivity index (χ3v) is 4.41. The molecule has 2 aromatic carbocycles. The maximum atomic E-state index is 12.4. The van der Waals surface area contributed by atoms with Crippen molar-refractivity contribution in [2.75, 3.05) is 24.3 Å². The third-order valence-electron chi connectivity index (χ3n) is 4.41. The van der Waals surface area contributed by atoms with Crippen molar-refractivity contribution in [3.05, 3.63) is 77.1 Å². The number of aryl methyl sites for hydroxylation is 2. The average Bonchev–Trinajstić information content (AvgIpc) is 2.71. The summed E-state index contributed by atoms with van der Waals surface area (Å²) >= 11 is 0. The molecule has 3 rings (SSSR count). The SMILES string of the molecule is COc1ccc(CCNc2ncc(C(=O)Nc3cc(C)ccc3C)cn2)cc1. The van der Waals surface area contributed by atoms with Gasteiger partial charge in [-0.2, -0.15) is 0 Å². The van der Waals surface area contributed by atoms with Crippen molar-refractivity contribution < 1.29 is 9.53 Å². The van der Waals surface area contributed by atoms with Crippen LogP contribution in [0.2, 0.25) is 0 Å². The van der Waals surface area contributed by atoms with Gasteiger partial charge >= 0.3 is 0 Å². The first-order valence-electron chi connectivity index (χ1n) is 9.12. The molecule has 0 fully saturated rings. The largest absolute Gasteiger partial charge is 0.497 e. The van der Waals surface area contributed by atoms with Crippen LogP contribution in [0.5, 0.6) is 5.75 Å². The van der Waals surface area contributed by atoms with Crippen molar-refractivity contribution in [2.24, 2.45) is 0 Å². The predicted octanol–water partition coefficient (Wildman–Crippen LogP) is 4.01. The van der Waals surface area contributed by atoms with Gasteiger partial charge in [0.15, 0.2) is 0 Å². The van der Waals surface area contributed by atoms with Gasteiger partial charge in [-0.1, -0.05) is 24.3 Å². The molecule has 0 bridgehead atoms. The molecule has 0 radical (unpaired) electrons. The van der Waals surface area contributed by atoms with Gasteiger partial charge in [-0.05, 0) is 55.2 Å². The number of nitrogens with one attached hydrogen (secondary N) is 2. The van der Waals surface area contributed by atoms with Crippen molar-refractivity contribution >= 4 is 17.5 Å². The Hall–Kier alpha value is -3.41. The number of aromatic nitrogens is 2. The third kappa shape index (κ3) is 5.07. The molecule has 28 heavy (non-hydrogen) atoms. The highest BCUT2D eigenvalue weighted by atomic mass is 16.5. The molecule has 0 atom stereocenters. The van der Waals surface area contributed by atoms with Gasteiger partial charge in [-0.3, -0.25) is 4.79 Å². The molecule has 0 saturated heterocycles. The lowest BCUT2D eigenvalue weighted by atomic mass is 10.1. The summed E-state index contributed by atoms with van der Waals surface area (Å²) < 4.78 is 5.15. The second kappa shape index (κ2) is 8.99. The van der Waals surface area contributed by atoms with Gasteiger partial charge in [0.1, 0.15) is 5.75 Å². The molecule has 0 saturated carbocycles. The quantitative estimate of drug-likeness (QED) is 0.652. The Kier molecular flexibility index (Phi) is 6.22. The Labute approximate surface area is 165 Å². The van der Waals surface area contributed by atoms with Crippen molar-refractivity contribution in [1.82, 2.24) is 9.97 Å². The highest BCUT2D eigenvalue weighted by Gasteiger charge is 2.09. The first kappa shape index (κ1) is 19.4. The summed E-state index contributed by atoms with van der Waals surface area (Å²) in [4.78, 5) is 20.9. The molecule has 3 aromatic rings. The molecule has 6 nitrogen and oxygen atoms in total. The predicted molar refractivity (Wildman–Crippen MR) is 111 cm³/mol. The van der Waals surface area contributed by atoms with Crippen molar-refractivity contribution in [2.45, 2.75) is 20.3 Å². The Balaban J connectivity index is 1.53. The van der Waals surface area contributed by atoms with Crippen LogP contribution in [-0.2, 0) is 6.42 Å². The highest BCUT2D eigenvalue weighted by molar-refractivity contribution is 6.04. The number of hydrogen-bond acceptors (Lipinski definition) is 5. The number of hydrogen-bond donors (Lipinski definition) is 2. The number of benzene rings is 2. The van der Waals surface area contributed by atoms with Crippen molar-refractivity contribution in [3.8, 4) is 5.75 Å². The molecule has 144 valence electrons. The zero-order chi connectivity index (χ0) is 19.9. The van der Waals surface area contributed by atoms with Crippen LogP contribution in [0.1, 0.15) is 27.0 Å². The molecular weight excluding hydrogens is 352 g/mol. The summed E-state index contributed by atoms with van der Waals surface area (Å²) in [6, 6.07) is 13.9. The summed E-state index contributed by atoms with van der Waals surface area (Å²) in [7, 11) is 1.65. The Bertz CT molecular complexity index is 938. The first-order valence-corrected chi connectivity index (χ1v) is 9.12. The second-order valence-corrected chi connectivity index (χ2v) is 6.59. The van der Waals surface area contributed by atoms with Crippen LogP contribution in [0.15, 0.2) is 54.9 Å². The van der Waals surface area contributed by atoms with Gasteiger partial charge in [0, 0.05) is 24.6 Å². The number of ether oxygens (including phenoxy) is 1. The summed E-state index contributed by atoms with van der Waals surface area (Å²) in [6.45, 7) is 4.65. The molecule has 1 amide bonds. The van der Waals surface area contributed by atoms with Crippen LogP contribution in [0.4, 0.5) is 11.6 Å². The number of rotatable bonds is 7. The number of amides is 1. The second-order valence-electron chi connectivity index (χ2n) is 6.59. The Morgan fingerprint density at radius 3 is 2.43 bits per heavy atom. The number of carbonyl (C=O) groups is 1. The number of carbonyl (C=O) groups excluding carboxylic acids is 1. The number of anilines is 2. The van der Waals surface area contributed by atoms with E-state index in [4.69, 9.17) is 4.74 Å². The molecule has 1 aromatic heterocycles. The van der Waals surface area contributed by atoms with E-state index in [1.54, 1.807) is 7.11 Å². The Morgan fingerprint density at radius 2 is 1.75 bits per heavy atom. The van der Waals surface area contributed by atoms with Gasteiger partial charge in [0.2, 0.25) is 5.95 Å².